The Balaban J connectivity index is 2.86. The molecule has 1 fully saturated rings. The smallest absolute Gasteiger partial charge is 0.315 e. The summed E-state index contributed by atoms with van der Waals surface area (Å²) in [6.45, 7) is 7.09. The molecule has 0 aromatic rings. The number of aliphatic hydroxyl groups excluding tert-OH is 1. The maximum absolute atomic E-state index is 12.0. The van der Waals surface area contributed by atoms with Gasteiger partial charge in [-0.25, -0.2) is 0 Å². The topological polar surface area (TPSA) is 49.8 Å². The molecule has 1 saturated heterocycles. The van der Waals surface area contributed by atoms with Crippen LogP contribution in [0, 0.1) is 5.41 Å². The largest absolute Gasteiger partial charge is 0.465 e. The van der Waals surface area contributed by atoms with Crippen molar-refractivity contribution in [2.75, 3.05) is 26.7 Å². The van der Waals surface area contributed by atoms with Crippen LogP contribution in [0.2, 0.25) is 0 Å². The summed E-state index contributed by atoms with van der Waals surface area (Å²) in [6, 6.07) is 0. The van der Waals surface area contributed by atoms with Crippen LogP contribution in [0.15, 0.2) is 12.7 Å². The summed E-state index contributed by atoms with van der Waals surface area (Å²) in [5, 5.41) is 10.1. The average Bonchev–Trinajstić information content (AvgIpc) is 2.23. The maximum Gasteiger partial charge on any atom is 0.315 e. The van der Waals surface area contributed by atoms with E-state index in [2.05, 4.69) is 6.58 Å². The van der Waals surface area contributed by atoms with Gasteiger partial charge in [-0.05, 0) is 33.4 Å². The van der Waals surface area contributed by atoms with Crippen molar-refractivity contribution < 1.29 is 14.6 Å². The van der Waals surface area contributed by atoms with E-state index in [-0.39, 0.29) is 5.97 Å². The summed E-state index contributed by atoms with van der Waals surface area (Å²) >= 11 is 0. The van der Waals surface area contributed by atoms with Crippen LogP contribution in [0.1, 0.15) is 19.8 Å². The third-order valence-corrected chi connectivity index (χ3v) is 3.25. The number of allylic oxidation sites excluding steroid dienone is 1. The molecule has 0 radical (unpaired) electrons. The van der Waals surface area contributed by atoms with Crippen LogP contribution in [0.3, 0.4) is 0 Å². The first kappa shape index (κ1) is 13.2. The molecule has 4 nitrogen and oxygen atoms in total. The van der Waals surface area contributed by atoms with Gasteiger partial charge in [-0.1, -0.05) is 6.08 Å². The van der Waals surface area contributed by atoms with Crippen LogP contribution >= 0.6 is 0 Å². The Morgan fingerprint density at radius 3 is 2.94 bits per heavy atom. The highest BCUT2D eigenvalue weighted by Gasteiger charge is 2.47. The molecule has 0 aromatic carbocycles. The molecule has 1 aliphatic heterocycles. The molecule has 1 N–H and O–H groups in total. The van der Waals surface area contributed by atoms with Gasteiger partial charge in [0.2, 0.25) is 0 Å². The van der Waals surface area contributed by atoms with Crippen LogP contribution in [-0.4, -0.2) is 48.8 Å². The number of piperidine rings is 1. The Morgan fingerprint density at radius 1 is 1.75 bits per heavy atom. The van der Waals surface area contributed by atoms with E-state index < -0.39 is 11.5 Å². The summed E-state index contributed by atoms with van der Waals surface area (Å²) in [5.74, 6) is -0.296. The molecular weight excluding hydrogens is 206 g/mol. The fourth-order valence-electron chi connectivity index (χ4n) is 2.21. The van der Waals surface area contributed by atoms with Gasteiger partial charge < -0.3 is 14.7 Å². The molecule has 0 saturated carbocycles. The van der Waals surface area contributed by atoms with Crippen molar-refractivity contribution in [3.63, 3.8) is 0 Å². The third-order valence-electron chi connectivity index (χ3n) is 3.25. The van der Waals surface area contributed by atoms with Gasteiger partial charge in [0.05, 0.1) is 18.1 Å². The van der Waals surface area contributed by atoms with E-state index in [0.717, 1.165) is 6.54 Å². The van der Waals surface area contributed by atoms with Crippen LogP contribution < -0.4 is 0 Å². The van der Waals surface area contributed by atoms with E-state index in [9.17, 15) is 9.90 Å². The first-order chi connectivity index (χ1) is 7.56. The van der Waals surface area contributed by atoms with Crippen molar-refractivity contribution in [3.8, 4) is 0 Å². The minimum Gasteiger partial charge on any atom is -0.465 e. The summed E-state index contributed by atoms with van der Waals surface area (Å²) in [7, 11) is 1.94. The second-order valence-electron chi connectivity index (χ2n) is 4.40. The number of nitrogens with zero attached hydrogens (tertiary/aromatic N) is 1. The van der Waals surface area contributed by atoms with Gasteiger partial charge in [0.1, 0.15) is 0 Å². The number of ether oxygens (including phenoxy) is 1. The number of rotatable bonds is 4. The van der Waals surface area contributed by atoms with Gasteiger partial charge in [-0.3, -0.25) is 4.79 Å². The molecular formula is C12H21NO3. The lowest BCUT2D eigenvalue weighted by molar-refractivity contribution is -0.168. The lowest BCUT2D eigenvalue weighted by Crippen LogP contribution is -2.54. The molecule has 92 valence electrons. The molecule has 1 aliphatic rings. The Hall–Kier alpha value is -0.870. The minimum atomic E-state index is -0.787. The summed E-state index contributed by atoms with van der Waals surface area (Å²) in [6.07, 6.45) is 2.10. The number of hydrogen-bond donors (Lipinski definition) is 1. The molecule has 0 amide bonds. The molecule has 0 spiro atoms. The first-order valence-electron chi connectivity index (χ1n) is 5.71. The molecule has 0 aliphatic carbocycles. The standard InChI is InChI=1S/C12H21NO3/c1-4-6-12(11(15)16-5-2)7-8-13(3)9-10(12)14/h4,10,14H,1,5-9H2,2-3H3. The number of carbonyl (C=O) groups excluding carboxylic acids is 1. The quantitative estimate of drug-likeness (QED) is 0.570. The van der Waals surface area contributed by atoms with E-state index >= 15 is 0 Å². The van der Waals surface area contributed by atoms with E-state index in [1.54, 1.807) is 13.0 Å². The van der Waals surface area contributed by atoms with Crippen LogP contribution in [0.4, 0.5) is 0 Å². The molecule has 1 heterocycles. The van der Waals surface area contributed by atoms with E-state index in [0.29, 0.717) is 26.0 Å². The van der Waals surface area contributed by atoms with Gasteiger partial charge in [0.25, 0.3) is 0 Å². The van der Waals surface area contributed by atoms with Crippen LogP contribution in [0.5, 0.6) is 0 Å². The number of β-amino-alcohol motifs (C(OH)–C–C–N with tert-alkyl or cyclic N) is 1. The average molecular weight is 227 g/mol. The second kappa shape index (κ2) is 5.46. The maximum atomic E-state index is 12.0. The van der Waals surface area contributed by atoms with Gasteiger partial charge in [-0.15, -0.1) is 6.58 Å². The predicted molar refractivity (Wildman–Crippen MR) is 62.0 cm³/mol. The Kier molecular flexibility index (Phi) is 4.50. The number of aliphatic hydroxyl groups is 1. The number of hydrogen-bond acceptors (Lipinski definition) is 4. The SMILES string of the molecule is C=CCC1(C(=O)OCC)CCN(C)CC1O. The fraction of sp³-hybridized carbons (Fsp3) is 0.750. The van der Waals surface area contributed by atoms with Crippen molar-refractivity contribution in [1.29, 1.82) is 0 Å². The summed E-state index contributed by atoms with van der Waals surface area (Å²) in [5.41, 5.74) is -0.787. The highest BCUT2D eigenvalue weighted by molar-refractivity contribution is 5.78. The van der Waals surface area contributed by atoms with Gasteiger partial charge >= 0.3 is 5.97 Å². The zero-order valence-corrected chi connectivity index (χ0v) is 10.1. The monoisotopic (exact) mass is 227 g/mol. The number of likely N-dealkylation sites (N-methyl/N-ethyl adjacent to an activating group) is 1. The highest BCUT2D eigenvalue weighted by atomic mass is 16.5. The van der Waals surface area contributed by atoms with Crippen molar-refractivity contribution in [3.05, 3.63) is 12.7 Å². The third kappa shape index (κ3) is 2.44. The molecule has 0 bridgehead atoms. The highest BCUT2D eigenvalue weighted by Crippen LogP contribution is 2.36. The molecule has 16 heavy (non-hydrogen) atoms. The Labute approximate surface area is 96.9 Å². The van der Waals surface area contributed by atoms with E-state index in [4.69, 9.17) is 4.74 Å². The molecule has 4 heteroatoms. The van der Waals surface area contributed by atoms with Crippen LogP contribution in [-0.2, 0) is 9.53 Å². The predicted octanol–water partition coefficient (Wildman–Crippen LogP) is 0.808. The molecule has 2 unspecified atom stereocenters. The second-order valence-corrected chi connectivity index (χ2v) is 4.40. The van der Waals surface area contributed by atoms with Crippen molar-refractivity contribution in [2.24, 2.45) is 5.41 Å². The first-order valence-corrected chi connectivity index (χ1v) is 5.71. The van der Waals surface area contributed by atoms with Gasteiger partial charge in [-0.2, -0.15) is 0 Å². The lowest BCUT2D eigenvalue weighted by Gasteiger charge is -2.42. The molecule has 1 rings (SSSR count). The van der Waals surface area contributed by atoms with Crippen LogP contribution in [0.25, 0.3) is 0 Å². The lowest BCUT2D eigenvalue weighted by atomic mass is 9.73. The Morgan fingerprint density at radius 2 is 2.44 bits per heavy atom. The minimum absolute atomic E-state index is 0.296. The zero-order valence-electron chi connectivity index (χ0n) is 10.1. The fourth-order valence-corrected chi connectivity index (χ4v) is 2.21. The summed E-state index contributed by atoms with van der Waals surface area (Å²) < 4.78 is 5.08. The summed E-state index contributed by atoms with van der Waals surface area (Å²) in [4.78, 5) is 14.0. The normalized spacial score (nSPS) is 31.1. The van der Waals surface area contributed by atoms with Gasteiger partial charge in [0, 0.05) is 6.54 Å². The molecule has 2 atom stereocenters. The zero-order chi connectivity index (χ0) is 12.2. The number of carbonyl (C=O) groups is 1. The molecule has 0 aromatic heterocycles. The number of likely N-dealkylation sites (tertiary alicyclic amines) is 1. The van der Waals surface area contributed by atoms with Gasteiger partial charge in [0.15, 0.2) is 0 Å². The van der Waals surface area contributed by atoms with Crippen molar-refractivity contribution in [1.82, 2.24) is 4.90 Å². The van der Waals surface area contributed by atoms with E-state index in [1.165, 1.54) is 0 Å². The Bertz CT molecular complexity index is 267. The van der Waals surface area contributed by atoms with Crippen molar-refractivity contribution in [2.45, 2.75) is 25.9 Å². The number of esters is 1. The van der Waals surface area contributed by atoms with E-state index in [1.807, 2.05) is 11.9 Å². The van der Waals surface area contributed by atoms with Crippen molar-refractivity contribution >= 4 is 5.97 Å².